The summed E-state index contributed by atoms with van der Waals surface area (Å²) in [6.45, 7) is 0.656. The lowest BCUT2D eigenvalue weighted by atomic mass is 10.2. The summed E-state index contributed by atoms with van der Waals surface area (Å²) in [6, 6.07) is 19.6. The van der Waals surface area contributed by atoms with E-state index in [1.807, 2.05) is 48.5 Å². The summed E-state index contributed by atoms with van der Waals surface area (Å²) < 4.78 is 1.06. The van der Waals surface area contributed by atoms with Crippen molar-refractivity contribution in [2.75, 3.05) is 5.32 Å². The molecule has 0 saturated carbocycles. The highest BCUT2D eigenvalue weighted by Gasteiger charge is 2.06. The third-order valence-electron chi connectivity index (χ3n) is 3.14. The molecule has 1 N–H and O–H groups in total. The zero-order valence-electron chi connectivity index (χ0n) is 11.6. The number of nitrogens with one attached hydrogen (secondary N) is 1. The van der Waals surface area contributed by atoms with Crippen LogP contribution in [0.5, 0.6) is 0 Å². The molecule has 0 fully saturated rings. The van der Waals surface area contributed by atoms with Crippen LogP contribution >= 0.6 is 27.5 Å². The average molecular weight is 375 g/mol. The quantitative estimate of drug-likeness (QED) is 0.640. The Morgan fingerprint density at radius 2 is 1.68 bits per heavy atom. The molecule has 0 spiro atoms. The van der Waals surface area contributed by atoms with Crippen LogP contribution in [0.3, 0.4) is 0 Å². The van der Waals surface area contributed by atoms with Gasteiger partial charge in [-0.05, 0) is 11.6 Å². The fraction of sp³-hybridized carbons (Fsp3) is 0.0588. The number of aromatic nitrogens is 2. The van der Waals surface area contributed by atoms with Crippen LogP contribution in [0, 0.1) is 0 Å². The van der Waals surface area contributed by atoms with Crippen molar-refractivity contribution in [3.05, 3.63) is 75.9 Å². The zero-order valence-corrected chi connectivity index (χ0v) is 14.0. The van der Waals surface area contributed by atoms with Gasteiger partial charge in [0.2, 0.25) is 0 Å². The Kier molecular flexibility index (Phi) is 4.71. The maximum atomic E-state index is 6.11. The molecule has 0 amide bonds. The van der Waals surface area contributed by atoms with Crippen LogP contribution in [0.15, 0.2) is 65.1 Å². The molecule has 0 aliphatic rings. The smallest absolute Gasteiger partial charge is 0.163 e. The first kappa shape index (κ1) is 15.0. The van der Waals surface area contributed by atoms with Crippen LogP contribution in [-0.4, -0.2) is 9.97 Å². The highest BCUT2D eigenvalue weighted by atomic mass is 79.9. The Morgan fingerprint density at radius 3 is 2.45 bits per heavy atom. The molecule has 0 atom stereocenters. The van der Waals surface area contributed by atoms with E-state index in [9.17, 15) is 0 Å². The Hall–Kier alpha value is -1.91. The second-order valence-corrected chi connectivity index (χ2v) is 5.95. The van der Waals surface area contributed by atoms with Crippen molar-refractivity contribution in [2.24, 2.45) is 0 Å². The Morgan fingerprint density at radius 1 is 0.955 bits per heavy atom. The van der Waals surface area contributed by atoms with E-state index in [2.05, 4.69) is 37.3 Å². The van der Waals surface area contributed by atoms with Gasteiger partial charge in [-0.2, -0.15) is 0 Å². The van der Waals surface area contributed by atoms with Crippen molar-refractivity contribution in [1.29, 1.82) is 0 Å². The monoisotopic (exact) mass is 373 g/mol. The molecule has 2 aromatic carbocycles. The second-order valence-electron chi connectivity index (χ2n) is 4.71. The van der Waals surface area contributed by atoms with E-state index < -0.39 is 0 Å². The minimum Gasteiger partial charge on any atom is -0.366 e. The number of rotatable bonds is 4. The van der Waals surface area contributed by atoms with Gasteiger partial charge in [-0.3, -0.25) is 0 Å². The summed E-state index contributed by atoms with van der Waals surface area (Å²) in [4.78, 5) is 8.81. The van der Waals surface area contributed by atoms with Gasteiger partial charge in [-0.1, -0.05) is 76.1 Å². The van der Waals surface area contributed by atoms with Gasteiger partial charge in [0.1, 0.15) is 11.0 Å². The summed E-state index contributed by atoms with van der Waals surface area (Å²) in [5.41, 5.74) is 2.09. The molecule has 110 valence electrons. The van der Waals surface area contributed by atoms with E-state index >= 15 is 0 Å². The SMILES string of the molecule is Clc1cc(NCc2ccccc2Br)nc(-c2ccccc2)n1. The third kappa shape index (κ3) is 3.64. The fourth-order valence-corrected chi connectivity index (χ4v) is 2.66. The zero-order chi connectivity index (χ0) is 15.4. The van der Waals surface area contributed by atoms with Crippen molar-refractivity contribution in [1.82, 2.24) is 9.97 Å². The van der Waals surface area contributed by atoms with Crippen molar-refractivity contribution in [2.45, 2.75) is 6.54 Å². The molecule has 0 unspecified atom stereocenters. The number of hydrogen-bond acceptors (Lipinski definition) is 3. The van der Waals surface area contributed by atoms with Crippen LogP contribution in [-0.2, 0) is 6.54 Å². The number of hydrogen-bond donors (Lipinski definition) is 1. The maximum Gasteiger partial charge on any atom is 0.163 e. The van der Waals surface area contributed by atoms with Crippen molar-refractivity contribution >= 4 is 33.3 Å². The summed E-state index contributed by atoms with van der Waals surface area (Å²) in [7, 11) is 0. The van der Waals surface area contributed by atoms with Crippen LogP contribution in [0.25, 0.3) is 11.4 Å². The molecule has 0 bridgehead atoms. The molecular formula is C17H13BrClN3. The van der Waals surface area contributed by atoms with Gasteiger partial charge in [0.15, 0.2) is 5.82 Å². The van der Waals surface area contributed by atoms with Gasteiger partial charge < -0.3 is 5.32 Å². The van der Waals surface area contributed by atoms with E-state index in [4.69, 9.17) is 11.6 Å². The second kappa shape index (κ2) is 6.90. The summed E-state index contributed by atoms with van der Waals surface area (Å²) in [5.74, 6) is 1.32. The van der Waals surface area contributed by atoms with Crippen LogP contribution in [0.2, 0.25) is 5.15 Å². The largest absolute Gasteiger partial charge is 0.366 e. The molecule has 0 saturated heterocycles. The van der Waals surface area contributed by atoms with Crippen LogP contribution < -0.4 is 5.32 Å². The van der Waals surface area contributed by atoms with E-state index in [1.54, 1.807) is 6.07 Å². The van der Waals surface area contributed by atoms with Gasteiger partial charge in [-0.25, -0.2) is 9.97 Å². The lowest BCUT2D eigenvalue weighted by Gasteiger charge is -2.09. The Balaban J connectivity index is 1.83. The van der Waals surface area contributed by atoms with E-state index in [-0.39, 0.29) is 0 Å². The minimum atomic E-state index is 0.420. The van der Waals surface area contributed by atoms with E-state index in [0.29, 0.717) is 23.3 Å². The highest BCUT2D eigenvalue weighted by Crippen LogP contribution is 2.21. The summed E-state index contributed by atoms with van der Waals surface area (Å²) in [5, 5.41) is 3.71. The first-order chi connectivity index (χ1) is 10.7. The minimum absolute atomic E-state index is 0.420. The number of nitrogens with zero attached hydrogens (tertiary/aromatic N) is 2. The molecule has 3 aromatic rings. The first-order valence-corrected chi connectivity index (χ1v) is 7.97. The molecule has 22 heavy (non-hydrogen) atoms. The lowest BCUT2D eigenvalue weighted by Crippen LogP contribution is -2.03. The molecule has 5 heteroatoms. The number of anilines is 1. The van der Waals surface area contributed by atoms with Crippen molar-refractivity contribution in [3.8, 4) is 11.4 Å². The van der Waals surface area contributed by atoms with Crippen molar-refractivity contribution in [3.63, 3.8) is 0 Å². The average Bonchev–Trinajstić information content (AvgIpc) is 2.54. The predicted molar refractivity (Wildman–Crippen MR) is 93.9 cm³/mol. The molecule has 0 aliphatic heterocycles. The fourth-order valence-electron chi connectivity index (χ4n) is 2.05. The normalized spacial score (nSPS) is 10.5. The Bertz CT molecular complexity index is 778. The standard InChI is InChI=1S/C17H13BrClN3/c18-14-9-5-4-8-13(14)11-20-16-10-15(19)21-17(22-16)12-6-2-1-3-7-12/h1-10H,11H2,(H,20,21,22). The highest BCUT2D eigenvalue weighted by molar-refractivity contribution is 9.10. The molecule has 1 heterocycles. The van der Waals surface area contributed by atoms with Crippen LogP contribution in [0.4, 0.5) is 5.82 Å². The molecule has 0 radical (unpaired) electrons. The Labute approximate surface area is 142 Å². The molecular weight excluding hydrogens is 362 g/mol. The van der Waals surface area contributed by atoms with Gasteiger partial charge in [-0.15, -0.1) is 0 Å². The van der Waals surface area contributed by atoms with E-state index in [1.165, 1.54) is 0 Å². The van der Waals surface area contributed by atoms with Crippen molar-refractivity contribution < 1.29 is 0 Å². The molecule has 3 nitrogen and oxygen atoms in total. The van der Waals surface area contributed by atoms with Gasteiger partial charge in [0, 0.05) is 22.6 Å². The molecule has 1 aromatic heterocycles. The van der Waals surface area contributed by atoms with Gasteiger partial charge >= 0.3 is 0 Å². The van der Waals surface area contributed by atoms with E-state index in [0.717, 1.165) is 15.6 Å². The number of benzene rings is 2. The molecule has 3 rings (SSSR count). The van der Waals surface area contributed by atoms with Crippen LogP contribution in [0.1, 0.15) is 5.56 Å². The van der Waals surface area contributed by atoms with Gasteiger partial charge in [0.25, 0.3) is 0 Å². The third-order valence-corrected chi connectivity index (χ3v) is 4.11. The lowest BCUT2D eigenvalue weighted by molar-refractivity contribution is 1.08. The molecule has 0 aliphatic carbocycles. The maximum absolute atomic E-state index is 6.11. The topological polar surface area (TPSA) is 37.8 Å². The summed E-state index contributed by atoms with van der Waals surface area (Å²) in [6.07, 6.45) is 0. The number of halogens is 2. The predicted octanol–water partition coefficient (Wildman–Crippen LogP) is 5.17. The first-order valence-electron chi connectivity index (χ1n) is 6.79. The van der Waals surface area contributed by atoms with Gasteiger partial charge in [0.05, 0.1) is 0 Å². The summed E-state index contributed by atoms with van der Waals surface area (Å²) >= 11 is 9.65.